The highest BCUT2D eigenvalue weighted by Gasteiger charge is 2.11. The Morgan fingerprint density at radius 2 is 1.95 bits per heavy atom. The maximum atomic E-state index is 11.1. The van der Waals surface area contributed by atoms with Crippen LogP contribution in [0, 0.1) is 0 Å². The molecule has 0 aliphatic heterocycles. The van der Waals surface area contributed by atoms with Crippen molar-refractivity contribution in [2.75, 3.05) is 24.2 Å². The number of benzene rings is 1. The highest BCUT2D eigenvalue weighted by molar-refractivity contribution is 5.87. The Balaban J connectivity index is 2.43. The van der Waals surface area contributed by atoms with E-state index in [4.69, 9.17) is 15.9 Å². The van der Waals surface area contributed by atoms with Crippen molar-refractivity contribution < 1.29 is 15.0 Å². The number of anilines is 2. The van der Waals surface area contributed by atoms with Crippen molar-refractivity contribution in [3.63, 3.8) is 0 Å². The lowest BCUT2D eigenvalue weighted by Crippen LogP contribution is -2.10. The van der Waals surface area contributed by atoms with Gasteiger partial charge in [0.15, 0.2) is 11.5 Å². The quantitative estimate of drug-likeness (QED) is 0.596. The number of nitrogens with one attached hydrogen (secondary N) is 1. The smallest absolute Gasteiger partial charge is 0.354 e. The number of carbonyl (C=O) groups is 1. The Morgan fingerprint density at radius 3 is 2.55 bits per heavy atom. The van der Waals surface area contributed by atoms with Gasteiger partial charge < -0.3 is 21.3 Å². The molecule has 7 heteroatoms. The molecule has 0 atom stereocenters. The fourth-order valence-electron chi connectivity index (χ4n) is 1.59. The van der Waals surface area contributed by atoms with Crippen molar-refractivity contribution in [2.45, 2.75) is 0 Å². The summed E-state index contributed by atoms with van der Waals surface area (Å²) >= 11 is 0. The van der Waals surface area contributed by atoms with Gasteiger partial charge in [-0.2, -0.15) is 0 Å². The minimum absolute atomic E-state index is 0.0798. The SMILES string of the molecule is Nc1ccc(-c2nc(NCCO)cc(C(=O)O)n2)cc1. The van der Waals surface area contributed by atoms with Crippen LogP contribution in [0.1, 0.15) is 10.5 Å². The number of aliphatic hydroxyl groups excluding tert-OH is 1. The van der Waals surface area contributed by atoms with Gasteiger partial charge >= 0.3 is 5.97 Å². The van der Waals surface area contributed by atoms with E-state index in [1.54, 1.807) is 24.3 Å². The second-order valence-corrected chi connectivity index (χ2v) is 4.04. The van der Waals surface area contributed by atoms with E-state index in [0.717, 1.165) is 0 Å². The first-order valence-electron chi connectivity index (χ1n) is 5.93. The highest BCUT2D eigenvalue weighted by atomic mass is 16.4. The van der Waals surface area contributed by atoms with Gasteiger partial charge in [0.1, 0.15) is 5.82 Å². The number of rotatable bonds is 5. The Kier molecular flexibility index (Phi) is 4.11. The Labute approximate surface area is 115 Å². The summed E-state index contributed by atoms with van der Waals surface area (Å²) in [6.07, 6.45) is 0. The van der Waals surface area contributed by atoms with Crippen molar-refractivity contribution >= 4 is 17.5 Å². The van der Waals surface area contributed by atoms with Gasteiger partial charge in [-0.3, -0.25) is 0 Å². The fraction of sp³-hybridized carbons (Fsp3) is 0.154. The highest BCUT2D eigenvalue weighted by Crippen LogP contribution is 2.19. The van der Waals surface area contributed by atoms with Crippen LogP contribution < -0.4 is 11.1 Å². The monoisotopic (exact) mass is 274 g/mol. The molecule has 20 heavy (non-hydrogen) atoms. The average molecular weight is 274 g/mol. The molecule has 0 saturated heterocycles. The van der Waals surface area contributed by atoms with E-state index in [9.17, 15) is 4.79 Å². The minimum atomic E-state index is -1.14. The molecule has 0 bridgehead atoms. The van der Waals surface area contributed by atoms with Gasteiger partial charge in [-0.1, -0.05) is 0 Å². The van der Waals surface area contributed by atoms with Gasteiger partial charge in [-0.05, 0) is 24.3 Å². The zero-order valence-electron chi connectivity index (χ0n) is 10.6. The Morgan fingerprint density at radius 1 is 1.25 bits per heavy atom. The molecule has 1 aromatic heterocycles. The van der Waals surface area contributed by atoms with E-state index in [-0.39, 0.29) is 24.7 Å². The second-order valence-electron chi connectivity index (χ2n) is 4.04. The molecule has 2 rings (SSSR count). The van der Waals surface area contributed by atoms with Gasteiger partial charge in [0.05, 0.1) is 6.61 Å². The van der Waals surface area contributed by atoms with Crippen molar-refractivity contribution in [2.24, 2.45) is 0 Å². The molecule has 0 aliphatic carbocycles. The molecule has 0 unspecified atom stereocenters. The lowest BCUT2D eigenvalue weighted by Gasteiger charge is -2.08. The number of aliphatic hydroxyl groups is 1. The normalized spacial score (nSPS) is 10.2. The predicted molar refractivity (Wildman–Crippen MR) is 74.4 cm³/mol. The van der Waals surface area contributed by atoms with E-state index in [2.05, 4.69) is 15.3 Å². The number of aromatic nitrogens is 2. The molecule has 5 N–H and O–H groups in total. The molecule has 104 valence electrons. The van der Waals surface area contributed by atoms with Crippen LogP contribution in [-0.2, 0) is 0 Å². The molecule has 2 aromatic rings. The number of hydrogen-bond acceptors (Lipinski definition) is 6. The maximum Gasteiger partial charge on any atom is 0.354 e. The number of nitrogens with two attached hydrogens (primary N) is 1. The predicted octanol–water partition coefficient (Wildman–Crippen LogP) is 0.828. The lowest BCUT2D eigenvalue weighted by atomic mass is 10.2. The van der Waals surface area contributed by atoms with Gasteiger partial charge in [0, 0.05) is 23.9 Å². The number of carboxylic acids is 1. The van der Waals surface area contributed by atoms with Gasteiger partial charge in [-0.25, -0.2) is 14.8 Å². The van der Waals surface area contributed by atoms with E-state index >= 15 is 0 Å². The zero-order valence-corrected chi connectivity index (χ0v) is 10.6. The number of carboxylic acid groups (broad SMARTS) is 1. The van der Waals surface area contributed by atoms with Crippen molar-refractivity contribution in [3.8, 4) is 11.4 Å². The second kappa shape index (κ2) is 5.98. The van der Waals surface area contributed by atoms with E-state index < -0.39 is 5.97 Å². The van der Waals surface area contributed by atoms with E-state index in [1.165, 1.54) is 6.07 Å². The third-order valence-corrected chi connectivity index (χ3v) is 2.53. The summed E-state index contributed by atoms with van der Waals surface area (Å²) in [5.74, 6) is -0.514. The summed E-state index contributed by atoms with van der Waals surface area (Å²) in [6, 6.07) is 8.12. The van der Waals surface area contributed by atoms with E-state index in [1.807, 2.05) is 0 Å². The lowest BCUT2D eigenvalue weighted by molar-refractivity contribution is 0.0690. The summed E-state index contributed by atoms with van der Waals surface area (Å²) in [6.45, 7) is 0.195. The molecular weight excluding hydrogens is 260 g/mol. The molecular formula is C13H14N4O3. The van der Waals surface area contributed by atoms with Gasteiger partial charge in [-0.15, -0.1) is 0 Å². The van der Waals surface area contributed by atoms with Crippen LogP contribution in [0.5, 0.6) is 0 Å². The van der Waals surface area contributed by atoms with Crippen molar-refractivity contribution in [1.29, 1.82) is 0 Å². The third-order valence-electron chi connectivity index (χ3n) is 2.53. The molecule has 0 aliphatic rings. The van der Waals surface area contributed by atoms with Crippen molar-refractivity contribution in [1.82, 2.24) is 9.97 Å². The first-order valence-corrected chi connectivity index (χ1v) is 5.93. The topological polar surface area (TPSA) is 121 Å². The number of hydrogen-bond donors (Lipinski definition) is 4. The summed E-state index contributed by atoms with van der Waals surface area (Å²) in [5.41, 5.74) is 6.75. The summed E-state index contributed by atoms with van der Waals surface area (Å²) < 4.78 is 0. The molecule has 0 fully saturated rings. The zero-order chi connectivity index (χ0) is 14.5. The third kappa shape index (κ3) is 3.21. The maximum absolute atomic E-state index is 11.1. The minimum Gasteiger partial charge on any atom is -0.477 e. The largest absolute Gasteiger partial charge is 0.477 e. The number of nitrogen functional groups attached to an aromatic ring is 1. The van der Waals surface area contributed by atoms with E-state index in [0.29, 0.717) is 17.1 Å². The number of nitrogens with zero attached hydrogens (tertiary/aromatic N) is 2. The van der Waals surface area contributed by atoms with Gasteiger partial charge in [0.25, 0.3) is 0 Å². The van der Waals surface area contributed by atoms with Gasteiger partial charge in [0.2, 0.25) is 0 Å². The summed E-state index contributed by atoms with van der Waals surface area (Å²) in [5, 5.41) is 20.7. The standard InChI is InChI=1S/C13H14N4O3/c14-9-3-1-8(2-4-9)12-16-10(13(19)20)7-11(17-12)15-5-6-18/h1-4,7,18H,5-6,14H2,(H,19,20)(H,15,16,17). The van der Waals surface area contributed by atoms with Crippen LogP contribution in [0.15, 0.2) is 30.3 Å². The molecule has 7 nitrogen and oxygen atoms in total. The average Bonchev–Trinajstić information content (AvgIpc) is 2.45. The molecule has 0 spiro atoms. The summed E-state index contributed by atoms with van der Waals surface area (Å²) in [4.78, 5) is 19.3. The fourth-order valence-corrected chi connectivity index (χ4v) is 1.59. The van der Waals surface area contributed by atoms with Crippen LogP contribution in [0.3, 0.4) is 0 Å². The van der Waals surface area contributed by atoms with Crippen LogP contribution in [0.4, 0.5) is 11.5 Å². The molecule has 1 heterocycles. The van der Waals surface area contributed by atoms with Crippen LogP contribution in [0.25, 0.3) is 11.4 Å². The molecule has 0 saturated carbocycles. The van der Waals surface area contributed by atoms with Crippen molar-refractivity contribution in [3.05, 3.63) is 36.0 Å². The molecule has 0 amide bonds. The Bertz CT molecular complexity index is 614. The molecule has 1 aromatic carbocycles. The Hall–Kier alpha value is -2.67. The van der Waals surface area contributed by atoms with Crippen LogP contribution in [-0.4, -0.2) is 39.3 Å². The summed E-state index contributed by atoms with van der Waals surface area (Å²) in [7, 11) is 0. The first kappa shape index (κ1) is 13.8. The molecule has 0 radical (unpaired) electrons. The number of aromatic carboxylic acids is 1. The van der Waals surface area contributed by atoms with Crippen LogP contribution in [0.2, 0.25) is 0 Å². The first-order chi connectivity index (χ1) is 9.60. The van der Waals surface area contributed by atoms with Crippen LogP contribution >= 0.6 is 0 Å².